The number of nitriles is 2. The molecule has 2 N–H and O–H groups in total. The molecule has 1 aromatic rings. The lowest BCUT2D eigenvalue weighted by atomic mass is 10.1. The molecule has 20 heavy (non-hydrogen) atoms. The van der Waals surface area contributed by atoms with Crippen LogP contribution in [0, 0.1) is 22.7 Å². The molecule has 0 fully saturated rings. The minimum Gasteiger partial charge on any atom is -0.381 e. The summed E-state index contributed by atoms with van der Waals surface area (Å²) < 4.78 is 0. The van der Waals surface area contributed by atoms with E-state index in [-0.39, 0.29) is 17.2 Å². The highest BCUT2D eigenvalue weighted by Gasteiger charge is 2.11. The highest BCUT2D eigenvalue weighted by Crippen LogP contribution is 2.22. The molecule has 0 bridgehead atoms. The molecular weight excluding hydrogens is 270 g/mol. The summed E-state index contributed by atoms with van der Waals surface area (Å²) in [7, 11) is 0. The van der Waals surface area contributed by atoms with Crippen LogP contribution in [0.25, 0.3) is 0 Å². The summed E-state index contributed by atoms with van der Waals surface area (Å²) in [6.45, 7) is 2.20. The van der Waals surface area contributed by atoms with Crippen LogP contribution < -0.4 is 5.73 Å². The Kier molecular flexibility index (Phi) is 7.46. The normalized spacial score (nSPS) is 9.95. The van der Waals surface area contributed by atoms with Gasteiger partial charge in [0.25, 0.3) is 0 Å². The molecule has 0 aliphatic rings. The van der Waals surface area contributed by atoms with Crippen molar-refractivity contribution in [1.29, 1.82) is 10.5 Å². The summed E-state index contributed by atoms with van der Waals surface area (Å²) in [6.07, 6.45) is 7.35. The summed E-state index contributed by atoms with van der Waals surface area (Å²) >= 11 is 1.48. The lowest BCUT2D eigenvalue weighted by Gasteiger charge is -2.04. The van der Waals surface area contributed by atoms with Crippen LogP contribution in [0.5, 0.6) is 0 Å². The van der Waals surface area contributed by atoms with Crippen molar-refractivity contribution < 1.29 is 0 Å². The number of rotatable bonds is 8. The van der Waals surface area contributed by atoms with Crippen molar-refractivity contribution in [1.82, 2.24) is 9.97 Å². The fourth-order valence-corrected chi connectivity index (χ4v) is 2.67. The van der Waals surface area contributed by atoms with Crippen molar-refractivity contribution in [3.05, 3.63) is 11.4 Å². The van der Waals surface area contributed by atoms with Gasteiger partial charge in [0.1, 0.15) is 17.2 Å². The molecule has 1 heterocycles. The molecule has 0 aliphatic carbocycles. The van der Waals surface area contributed by atoms with Gasteiger partial charge in [0, 0.05) is 0 Å². The van der Waals surface area contributed by atoms with E-state index in [0.717, 1.165) is 12.2 Å². The first-order valence-electron chi connectivity index (χ1n) is 6.83. The summed E-state index contributed by atoms with van der Waals surface area (Å²) in [5.74, 6) is 0.984. The highest BCUT2D eigenvalue weighted by atomic mass is 32.2. The Morgan fingerprint density at radius 3 is 2.30 bits per heavy atom. The number of hydrogen-bond donors (Lipinski definition) is 1. The Balaban J connectivity index is 2.46. The maximum absolute atomic E-state index is 9.01. The summed E-state index contributed by atoms with van der Waals surface area (Å²) in [4.78, 5) is 8.01. The zero-order valence-electron chi connectivity index (χ0n) is 11.7. The number of nitrogens with zero attached hydrogens (tertiary/aromatic N) is 4. The minimum atomic E-state index is 0.0189. The second-order valence-corrected chi connectivity index (χ2v) is 5.53. The van der Waals surface area contributed by atoms with Crippen LogP contribution in [0.4, 0.5) is 5.82 Å². The fourth-order valence-electron chi connectivity index (χ4n) is 1.74. The van der Waals surface area contributed by atoms with E-state index in [2.05, 4.69) is 16.9 Å². The smallest absolute Gasteiger partial charge is 0.184 e. The van der Waals surface area contributed by atoms with E-state index in [1.165, 1.54) is 43.9 Å². The molecule has 0 saturated heterocycles. The molecule has 0 atom stereocenters. The van der Waals surface area contributed by atoms with Gasteiger partial charge in [-0.3, -0.25) is 0 Å². The second kappa shape index (κ2) is 9.17. The van der Waals surface area contributed by atoms with Crippen LogP contribution in [0.1, 0.15) is 56.8 Å². The van der Waals surface area contributed by atoms with Crippen LogP contribution in [0.2, 0.25) is 0 Å². The van der Waals surface area contributed by atoms with E-state index >= 15 is 0 Å². The minimum absolute atomic E-state index is 0.0189. The quantitative estimate of drug-likeness (QED) is 0.582. The lowest BCUT2D eigenvalue weighted by molar-refractivity contribution is 0.627. The monoisotopic (exact) mass is 289 g/mol. The maximum atomic E-state index is 9.01. The van der Waals surface area contributed by atoms with Gasteiger partial charge in [-0.2, -0.15) is 10.5 Å². The van der Waals surface area contributed by atoms with Gasteiger partial charge >= 0.3 is 0 Å². The number of nitrogens with two attached hydrogens (primary N) is 1. The third-order valence-electron chi connectivity index (χ3n) is 2.84. The molecule has 0 saturated carbocycles. The highest BCUT2D eigenvalue weighted by molar-refractivity contribution is 7.99. The summed E-state index contributed by atoms with van der Waals surface area (Å²) in [6, 6.07) is 3.80. The maximum Gasteiger partial charge on any atom is 0.184 e. The zero-order valence-corrected chi connectivity index (χ0v) is 12.5. The first-order valence-corrected chi connectivity index (χ1v) is 7.82. The second-order valence-electron chi connectivity index (χ2n) is 4.45. The van der Waals surface area contributed by atoms with Crippen molar-refractivity contribution in [3.63, 3.8) is 0 Å². The van der Waals surface area contributed by atoms with Gasteiger partial charge in [-0.1, -0.05) is 39.0 Å². The standard InChI is InChI=1S/C14H19N5S/c1-2-3-4-5-6-7-8-20-14-12(10-16)18-11(9-15)13(17)19-14/h2-8H2,1H3,(H2,17,19). The van der Waals surface area contributed by atoms with Crippen LogP contribution in [-0.4, -0.2) is 15.7 Å². The van der Waals surface area contributed by atoms with E-state index in [4.69, 9.17) is 16.3 Å². The fraction of sp³-hybridized carbons (Fsp3) is 0.571. The Morgan fingerprint density at radius 2 is 1.65 bits per heavy atom. The van der Waals surface area contributed by atoms with Crippen molar-refractivity contribution in [3.8, 4) is 12.1 Å². The number of unbranched alkanes of at least 4 members (excludes halogenated alkanes) is 5. The summed E-state index contributed by atoms with van der Waals surface area (Å²) in [5.41, 5.74) is 5.83. The van der Waals surface area contributed by atoms with E-state index in [9.17, 15) is 0 Å². The topological polar surface area (TPSA) is 99.4 Å². The number of thioether (sulfide) groups is 1. The molecule has 0 aliphatic heterocycles. The van der Waals surface area contributed by atoms with E-state index in [1.54, 1.807) is 0 Å². The number of nitrogen functional groups attached to an aromatic ring is 1. The average molecular weight is 289 g/mol. The van der Waals surface area contributed by atoms with E-state index in [1.807, 2.05) is 12.1 Å². The molecule has 0 aromatic carbocycles. The first-order chi connectivity index (χ1) is 9.72. The molecule has 106 valence electrons. The van der Waals surface area contributed by atoms with Gasteiger partial charge in [0.05, 0.1) is 0 Å². The number of aromatic nitrogens is 2. The van der Waals surface area contributed by atoms with Gasteiger partial charge in [0.15, 0.2) is 17.2 Å². The van der Waals surface area contributed by atoms with Gasteiger partial charge in [-0.25, -0.2) is 9.97 Å². The molecule has 0 amide bonds. The SMILES string of the molecule is CCCCCCCCSc1nc(N)c(C#N)nc1C#N. The Labute approximate surface area is 124 Å². The first kappa shape index (κ1) is 16.3. The van der Waals surface area contributed by atoms with Crippen LogP contribution in [-0.2, 0) is 0 Å². The molecule has 1 rings (SSSR count). The molecule has 0 spiro atoms. The molecule has 0 unspecified atom stereocenters. The zero-order chi connectivity index (χ0) is 14.8. The van der Waals surface area contributed by atoms with Crippen molar-refractivity contribution in [2.45, 2.75) is 50.5 Å². The van der Waals surface area contributed by atoms with Crippen LogP contribution >= 0.6 is 11.8 Å². The Bertz CT molecular complexity index is 516. The summed E-state index contributed by atoms with van der Waals surface area (Å²) in [5, 5.41) is 18.3. The average Bonchev–Trinajstić information content (AvgIpc) is 2.46. The third-order valence-corrected chi connectivity index (χ3v) is 3.89. The molecular formula is C14H19N5S. The van der Waals surface area contributed by atoms with Gasteiger partial charge in [-0.05, 0) is 12.2 Å². The van der Waals surface area contributed by atoms with Gasteiger partial charge < -0.3 is 5.73 Å². The number of anilines is 1. The van der Waals surface area contributed by atoms with Crippen LogP contribution in [0.15, 0.2) is 5.03 Å². The van der Waals surface area contributed by atoms with Gasteiger partial charge in [-0.15, -0.1) is 11.8 Å². The van der Waals surface area contributed by atoms with E-state index in [0.29, 0.717) is 5.03 Å². The van der Waals surface area contributed by atoms with Gasteiger partial charge in [0.2, 0.25) is 0 Å². The molecule has 5 nitrogen and oxygen atoms in total. The predicted octanol–water partition coefficient (Wildman–Crippen LogP) is 3.25. The third kappa shape index (κ3) is 5.07. The molecule has 1 aromatic heterocycles. The largest absolute Gasteiger partial charge is 0.381 e. The predicted molar refractivity (Wildman–Crippen MR) is 80.0 cm³/mol. The molecule has 6 heteroatoms. The van der Waals surface area contributed by atoms with Crippen molar-refractivity contribution in [2.75, 3.05) is 11.5 Å². The Morgan fingerprint density at radius 1 is 1.00 bits per heavy atom. The van der Waals surface area contributed by atoms with Crippen LogP contribution in [0.3, 0.4) is 0 Å². The Hall–Kier alpha value is -1.79. The molecule has 0 radical (unpaired) electrons. The van der Waals surface area contributed by atoms with Crippen molar-refractivity contribution >= 4 is 17.6 Å². The van der Waals surface area contributed by atoms with Crippen molar-refractivity contribution in [2.24, 2.45) is 0 Å². The van der Waals surface area contributed by atoms with E-state index < -0.39 is 0 Å². The number of hydrogen-bond acceptors (Lipinski definition) is 6. The lowest BCUT2D eigenvalue weighted by Crippen LogP contribution is -2.03.